The minimum atomic E-state index is -0.166. The Labute approximate surface area is 118 Å². The van der Waals surface area contributed by atoms with Gasteiger partial charge in [0, 0.05) is 13.2 Å². The van der Waals surface area contributed by atoms with Crippen LogP contribution in [-0.2, 0) is 0 Å². The number of halogens is 2. The number of nitrogens with one attached hydrogen (secondary N) is 1. The Morgan fingerprint density at radius 2 is 1.95 bits per heavy atom. The summed E-state index contributed by atoms with van der Waals surface area (Å²) in [6.45, 7) is 0. The average molecular weight is 282 g/mol. The second-order valence-corrected chi connectivity index (χ2v) is 4.83. The molecule has 1 aliphatic rings. The van der Waals surface area contributed by atoms with Gasteiger partial charge >= 0.3 is 0 Å². The normalized spacial score (nSPS) is 21.4. The van der Waals surface area contributed by atoms with Crippen LogP contribution >= 0.6 is 12.4 Å². The average Bonchev–Trinajstić information content (AvgIpc) is 2.78. The zero-order valence-electron chi connectivity index (χ0n) is 10.7. The quantitative estimate of drug-likeness (QED) is 0.931. The summed E-state index contributed by atoms with van der Waals surface area (Å²) in [5.41, 5.74) is 2.27. The molecule has 0 saturated heterocycles. The molecule has 0 spiro atoms. The van der Waals surface area contributed by atoms with Crippen molar-refractivity contribution >= 4 is 18.1 Å². The molecule has 0 atom stereocenters. The van der Waals surface area contributed by atoms with Gasteiger partial charge in [-0.25, -0.2) is 4.39 Å². The van der Waals surface area contributed by atoms with E-state index in [2.05, 4.69) is 10.4 Å². The number of rotatable bonds is 3. The van der Waals surface area contributed by atoms with Crippen LogP contribution in [0.5, 0.6) is 0 Å². The summed E-state index contributed by atoms with van der Waals surface area (Å²) < 4.78 is 14.9. The zero-order valence-corrected chi connectivity index (χ0v) is 11.5. The predicted octanol–water partition coefficient (Wildman–Crippen LogP) is 3.60. The molecule has 3 rings (SSSR count). The molecule has 0 aliphatic heterocycles. The van der Waals surface area contributed by atoms with Crippen molar-refractivity contribution in [3.05, 3.63) is 48.0 Å². The molecule has 1 fully saturated rings. The van der Waals surface area contributed by atoms with Crippen molar-refractivity contribution in [2.24, 2.45) is 0 Å². The van der Waals surface area contributed by atoms with Crippen LogP contribution in [0, 0.1) is 5.82 Å². The summed E-state index contributed by atoms with van der Waals surface area (Å²) in [7, 11) is 1.89. The van der Waals surface area contributed by atoms with E-state index in [4.69, 9.17) is 0 Å². The highest BCUT2D eigenvalue weighted by Gasteiger charge is 2.32. The summed E-state index contributed by atoms with van der Waals surface area (Å²) in [5.74, 6) is 0.373. The topological polar surface area (TPSA) is 29.9 Å². The van der Waals surface area contributed by atoms with Gasteiger partial charge in [0.2, 0.25) is 0 Å². The van der Waals surface area contributed by atoms with Gasteiger partial charge in [-0.15, -0.1) is 12.4 Å². The lowest BCUT2D eigenvalue weighted by Crippen LogP contribution is -2.25. The predicted molar refractivity (Wildman–Crippen MR) is 76.4 cm³/mol. The molecule has 102 valence electrons. The number of aromatic nitrogens is 2. The van der Waals surface area contributed by atoms with Crippen molar-refractivity contribution in [2.75, 3.05) is 12.4 Å². The van der Waals surface area contributed by atoms with Crippen molar-refractivity contribution in [3.63, 3.8) is 0 Å². The van der Waals surface area contributed by atoms with Gasteiger partial charge in [-0.1, -0.05) is 12.1 Å². The van der Waals surface area contributed by atoms with E-state index < -0.39 is 0 Å². The van der Waals surface area contributed by atoms with E-state index >= 15 is 0 Å². The van der Waals surface area contributed by atoms with Gasteiger partial charge in [-0.05, 0) is 36.5 Å². The summed E-state index contributed by atoms with van der Waals surface area (Å²) in [5, 5.41) is 7.42. The molecular weight excluding hydrogens is 265 g/mol. The van der Waals surface area contributed by atoms with E-state index in [1.807, 2.05) is 36.3 Å². The van der Waals surface area contributed by atoms with Crippen molar-refractivity contribution < 1.29 is 4.39 Å². The van der Waals surface area contributed by atoms with Gasteiger partial charge in [0.15, 0.2) is 0 Å². The molecule has 5 heteroatoms. The Balaban J connectivity index is 0.00000133. The largest absolute Gasteiger partial charge is 0.386 e. The van der Waals surface area contributed by atoms with Crippen molar-refractivity contribution in [1.82, 2.24) is 9.78 Å². The smallest absolute Gasteiger partial charge is 0.123 e. The molecule has 0 unspecified atom stereocenters. The Morgan fingerprint density at radius 1 is 1.26 bits per heavy atom. The Morgan fingerprint density at radius 3 is 2.53 bits per heavy atom. The highest BCUT2D eigenvalue weighted by Crippen LogP contribution is 2.44. The van der Waals surface area contributed by atoms with Crippen LogP contribution in [0.2, 0.25) is 0 Å². The van der Waals surface area contributed by atoms with Gasteiger partial charge in [-0.3, -0.25) is 4.68 Å². The summed E-state index contributed by atoms with van der Waals surface area (Å²) in [6.07, 6.45) is 6.03. The maximum atomic E-state index is 12.8. The molecule has 3 nitrogen and oxygen atoms in total. The third kappa shape index (κ3) is 2.73. The highest BCUT2D eigenvalue weighted by atomic mass is 35.5. The third-order valence-electron chi connectivity index (χ3n) is 3.72. The summed E-state index contributed by atoms with van der Waals surface area (Å²) in [6, 6.07) is 7.32. The van der Waals surface area contributed by atoms with Crippen LogP contribution in [0.3, 0.4) is 0 Å². The van der Waals surface area contributed by atoms with E-state index in [1.54, 1.807) is 0 Å². The summed E-state index contributed by atoms with van der Waals surface area (Å²) >= 11 is 0. The van der Waals surface area contributed by atoms with Crippen molar-refractivity contribution in [3.8, 4) is 0 Å². The first-order valence-corrected chi connectivity index (χ1v) is 6.23. The summed E-state index contributed by atoms with van der Waals surface area (Å²) in [4.78, 5) is 0. The van der Waals surface area contributed by atoms with Crippen molar-refractivity contribution in [1.29, 1.82) is 0 Å². The van der Waals surface area contributed by atoms with E-state index in [1.165, 1.54) is 17.7 Å². The first-order chi connectivity index (χ1) is 8.76. The highest BCUT2D eigenvalue weighted by molar-refractivity contribution is 5.85. The fourth-order valence-corrected chi connectivity index (χ4v) is 2.48. The lowest BCUT2D eigenvalue weighted by Gasteiger charge is -2.35. The fourth-order valence-electron chi connectivity index (χ4n) is 2.48. The van der Waals surface area contributed by atoms with Crippen LogP contribution in [0.25, 0.3) is 0 Å². The molecule has 1 aromatic heterocycles. The second kappa shape index (κ2) is 5.61. The van der Waals surface area contributed by atoms with Crippen LogP contribution in [0.1, 0.15) is 30.4 Å². The minimum Gasteiger partial charge on any atom is -0.386 e. The molecule has 1 heterocycles. The molecule has 0 radical (unpaired) electrons. The maximum Gasteiger partial charge on any atom is 0.123 e. The van der Waals surface area contributed by atoms with E-state index in [-0.39, 0.29) is 18.2 Å². The Kier molecular flexibility index (Phi) is 4.10. The zero-order chi connectivity index (χ0) is 12.5. The SMILES string of the molecule is CNc1cnn(C2CC(c3ccc(F)cc3)C2)c1.Cl. The molecule has 1 saturated carbocycles. The molecule has 1 aliphatic carbocycles. The van der Waals surface area contributed by atoms with Crippen LogP contribution in [-0.4, -0.2) is 16.8 Å². The molecule has 2 aromatic rings. The molecule has 19 heavy (non-hydrogen) atoms. The Hall–Kier alpha value is -1.55. The van der Waals surface area contributed by atoms with Crippen LogP contribution < -0.4 is 5.32 Å². The Bertz CT molecular complexity index is 532. The van der Waals surface area contributed by atoms with Crippen LogP contribution in [0.4, 0.5) is 10.1 Å². The standard InChI is InChI=1S/C14H16FN3.ClH/c1-16-13-8-17-18(9-13)14-6-11(7-14)10-2-4-12(15)5-3-10;/h2-5,8-9,11,14,16H,6-7H2,1H3;1H. The van der Waals surface area contributed by atoms with Crippen LogP contribution in [0.15, 0.2) is 36.7 Å². The molecule has 0 amide bonds. The van der Waals surface area contributed by atoms with E-state index in [0.717, 1.165) is 18.5 Å². The molecule has 0 bridgehead atoms. The minimum absolute atomic E-state index is 0. The number of hydrogen-bond acceptors (Lipinski definition) is 2. The number of anilines is 1. The third-order valence-corrected chi connectivity index (χ3v) is 3.72. The first-order valence-electron chi connectivity index (χ1n) is 6.23. The van der Waals surface area contributed by atoms with Crippen molar-refractivity contribution in [2.45, 2.75) is 24.8 Å². The number of hydrogen-bond donors (Lipinski definition) is 1. The first kappa shape index (κ1) is 13.9. The van der Waals surface area contributed by atoms with Gasteiger partial charge < -0.3 is 5.32 Å². The number of nitrogens with zero attached hydrogens (tertiary/aromatic N) is 2. The second-order valence-electron chi connectivity index (χ2n) is 4.83. The number of benzene rings is 1. The lowest BCUT2D eigenvalue weighted by molar-refractivity contribution is 0.245. The monoisotopic (exact) mass is 281 g/mol. The molecule has 1 N–H and O–H groups in total. The van der Waals surface area contributed by atoms with E-state index in [0.29, 0.717) is 12.0 Å². The molecular formula is C14H17ClFN3. The fraction of sp³-hybridized carbons (Fsp3) is 0.357. The van der Waals surface area contributed by atoms with Gasteiger partial charge in [-0.2, -0.15) is 5.10 Å². The van der Waals surface area contributed by atoms with E-state index in [9.17, 15) is 4.39 Å². The van der Waals surface area contributed by atoms with Gasteiger partial charge in [0.1, 0.15) is 5.82 Å². The molecule has 1 aromatic carbocycles. The maximum absolute atomic E-state index is 12.8. The lowest BCUT2D eigenvalue weighted by atomic mass is 9.76. The van der Waals surface area contributed by atoms with Gasteiger partial charge in [0.25, 0.3) is 0 Å². The van der Waals surface area contributed by atoms with Gasteiger partial charge in [0.05, 0.1) is 17.9 Å².